The maximum Gasteiger partial charge on any atom is 0.124 e. The molecule has 0 heterocycles. The zero-order valence-electron chi connectivity index (χ0n) is 9.37. The van der Waals surface area contributed by atoms with Crippen LogP contribution in [0.2, 0.25) is 0 Å². The number of nitrogens with two attached hydrogens (primary N) is 1. The van der Waals surface area contributed by atoms with Gasteiger partial charge in [-0.3, -0.25) is 0 Å². The van der Waals surface area contributed by atoms with E-state index in [1.165, 1.54) is 0 Å². The molecule has 0 aliphatic rings. The molecule has 4 heteroatoms. The molecule has 0 saturated heterocycles. The second kappa shape index (κ2) is 5.58. The van der Waals surface area contributed by atoms with E-state index < -0.39 is 0 Å². The third-order valence-electron chi connectivity index (χ3n) is 2.20. The van der Waals surface area contributed by atoms with Gasteiger partial charge in [0.25, 0.3) is 0 Å². The molecule has 84 valence electrons. The lowest BCUT2D eigenvalue weighted by molar-refractivity contribution is 0.181. The highest BCUT2D eigenvalue weighted by atomic mass is 16.5. The van der Waals surface area contributed by atoms with Gasteiger partial charge in [-0.15, -0.1) is 0 Å². The van der Waals surface area contributed by atoms with Crippen LogP contribution in [-0.2, 0) is 17.9 Å². The topological polar surface area (TPSA) is 53.7 Å². The highest BCUT2D eigenvalue weighted by Gasteiger charge is 2.09. The Morgan fingerprint density at radius 1 is 1.00 bits per heavy atom. The molecule has 4 nitrogen and oxygen atoms in total. The third kappa shape index (κ3) is 2.61. The first kappa shape index (κ1) is 11.8. The van der Waals surface area contributed by atoms with Crippen molar-refractivity contribution in [3.8, 4) is 11.5 Å². The lowest BCUT2D eigenvalue weighted by atomic mass is 10.1. The summed E-state index contributed by atoms with van der Waals surface area (Å²) < 4.78 is 15.6. The van der Waals surface area contributed by atoms with Gasteiger partial charge in [-0.1, -0.05) is 0 Å². The Labute approximate surface area is 89.9 Å². The number of hydrogen-bond donors (Lipinski definition) is 1. The van der Waals surface area contributed by atoms with E-state index in [4.69, 9.17) is 19.9 Å². The molecule has 0 aromatic heterocycles. The summed E-state index contributed by atoms with van der Waals surface area (Å²) in [4.78, 5) is 0. The fourth-order valence-electron chi connectivity index (χ4n) is 1.45. The highest BCUT2D eigenvalue weighted by molar-refractivity contribution is 5.46. The Morgan fingerprint density at radius 3 is 2.00 bits per heavy atom. The van der Waals surface area contributed by atoms with Crippen molar-refractivity contribution in [3.05, 3.63) is 23.3 Å². The van der Waals surface area contributed by atoms with Crippen molar-refractivity contribution in [1.82, 2.24) is 0 Å². The predicted molar refractivity (Wildman–Crippen MR) is 58.2 cm³/mol. The van der Waals surface area contributed by atoms with Gasteiger partial charge in [-0.2, -0.15) is 0 Å². The first-order valence-electron chi connectivity index (χ1n) is 4.69. The molecule has 0 amide bonds. The number of methoxy groups -OCH3 is 3. The Kier molecular flexibility index (Phi) is 4.39. The van der Waals surface area contributed by atoms with Crippen molar-refractivity contribution in [2.45, 2.75) is 13.2 Å². The van der Waals surface area contributed by atoms with Gasteiger partial charge in [0.2, 0.25) is 0 Å². The molecule has 1 aromatic carbocycles. The van der Waals surface area contributed by atoms with Crippen LogP contribution in [0.25, 0.3) is 0 Å². The van der Waals surface area contributed by atoms with Crippen molar-refractivity contribution < 1.29 is 14.2 Å². The van der Waals surface area contributed by atoms with Gasteiger partial charge in [0.15, 0.2) is 0 Å². The SMILES string of the molecule is COCc1cc(OC)c(CN)cc1OC. The molecule has 0 unspecified atom stereocenters. The van der Waals surface area contributed by atoms with E-state index in [0.29, 0.717) is 13.2 Å². The maximum atomic E-state index is 5.61. The summed E-state index contributed by atoms with van der Waals surface area (Å²) in [7, 11) is 4.89. The Balaban J connectivity index is 3.15. The Bertz CT molecular complexity index is 326. The van der Waals surface area contributed by atoms with E-state index in [-0.39, 0.29) is 0 Å². The van der Waals surface area contributed by atoms with Gasteiger partial charge < -0.3 is 19.9 Å². The minimum atomic E-state index is 0.423. The van der Waals surface area contributed by atoms with Crippen molar-refractivity contribution in [2.24, 2.45) is 5.73 Å². The fraction of sp³-hybridized carbons (Fsp3) is 0.455. The van der Waals surface area contributed by atoms with E-state index >= 15 is 0 Å². The van der Waals surface area contributed by atoms with Crippen LogP contribution in [0.3, 0.4) is 0 Å². The normalized spacial score (nSPS) is 10.1. The van der Waals surface area contributed by atoms with Crippen LogP contribution in [0, 0.1) is 0 Å². The van der Waals surface area contributed by atoms with Crippen LogP contribution >= 0.6 is 0 Å². The van der Waals surface area contributed by atoms with Crippen molar-refractivity contribution in [1.29, 1.82) is 0 Å². The molecular weight excluding hydrogens is 194 g/mol. The first-order chi connectivity index (χ1) is 7.26. The van der Waals surface area contributed by atoms with Crippen LogP contribution in [-0.4, -0.2) is 21.3 Å². The van der Waals surface area contributed by atoms with Crippen LogP contribution < -0.4 is 15.2 Å². The molecule has 15 heavy (non-hydrogen) atoms. The van der Waals surface area contributed by atoms with Crippen LogP contribution in [0.5, 0.6) is 11.5 Å². The van der Waals surface area contributed by atoms with Gasteiger partial charge in [-0.25, -0.2) is 0 Å². The zero-order valence-corrected chi connectivity index (χ0v) is 9.37. The van der Waals surface area contributed by atoms with Crippen LogP contribution in [0.15, 0.2) is 12.1 Å². The summed E-state index contributed by atoms with van der Waals surface area (Å²) in [5, 5.41) is 0. The average Bonchev–Trinajstić information content (AvgIpc) is 2.28. The number of ether oxygens (including phenoxy) is 3. The van der Waals surface area contributed by atoms with Crippen molar-refractivity contribution in [3.63, 3.8) is 0 Å². The lowest BCUT2D eigenvalue weighted by Gasteiger charge is -2.13. The predicted octanol–water partition coefficient (Wildman–Crippen LogP) is 1.31. The molecule has 0 saturated carbocycles. The second-order valence-corrected chi connectivity index (χ2v) is 3.11. The fourth-order valence-corrected chi connectivity index (χ4v) is 1.45. The Hall–Kier alpha value is -1.26. The van der Waals surface area contributed by atoms with E-state index in [0.717, 1.165) is 22.6 Å². The summed E-state index contributed by atoms with van der Waals surface area (Å²) in [6.45, 7) is 0.914. The molecular formula is C11H17NO3. The molecule has 0 atom stereocenters. The second-order valence-electron chi connectivity index (χ2n) is 3.11. The first-order valence-corrected chi connectivity index (χ1v) is 4.69. The molecule has 2 N–H and O–H groups in total. The number of rotatable bonds is 5. The summed E-state index contributed by atoms with van der Waals surface area (Å²) in [6.07, 6.45) is 0. The standard InChI is InChI=1S/C11H17NO3/c1-13-7-9-5-10(14-2)8(6-12)4-11(9)15-3/h4-5H,6-7,12H2,1-3H3. The van der Waals surface area contributed by atoms with E-state index in [1.54, 1.807) is 21.3 Å². The molecule has 0 spiro atoms. The average molecular weight is 211 g/mol. The molecule has 0 radical (unpaired) electrons. The molecule has 0 fully saturated rings. The molecule has 0 aliphatic heterocycles. The van der Waals surface area contributed by atoms with Gasteiger partial charge >= 0.3 is 0 Å². The Morgan fingerprint density at radius 2 is 1.53 bits per heavy atom. The third-order valence-corrected chi connectivity index (χ3v) is 2.20. The summed E-state index contributed by atoms with van der Waals surface area (Å²) in [5.41, 5.74) is 7.49. The molecule has 1 aromatic rings. The summed E-state index contributed by atoms with van der Waals surface area (Å²) in [5.74, 6) is 1.54. The minimum Gasteiger partial charge on any atom is -0.496 e. The van der Waals surface area contributed by atoms with Crippen LogP contribution in [0.4, 0.5) is 0 Å². The minimum absolute atomic E-state index is 0.423. The molecule has 0 bridgehead atoms. The van der Waals surface area contributed by atoms with Crippen molar-refractivity contribution >= 4 is 0 Å². The molecule has 0 aliphatic carbocycles. The van der Waals surface area contributed by atoms with Gasteiger partial charge in [0.1, 0.15) is 11.5 Å². The van der Waals surface area contributed by atoms with Gasteiger partial charge in [0, 0.05) is 24.8 Å². The quantitative estimate of drug-likeness (QED) is 0.797. The van der Waals surface area contributed by atoms with Gasteiger partial charge in [-0.05, 0) is 12.1 Å². The maximum absolute atomic E-state index is 5.61. The smallest absolute Gasteiger partial charge is 0.124 e. The summed E-state index contributed by atoms with van der Waals surface area (Å²) in [6, 6.07) is 3.78. The zero-order chi connectivity index (χ0) is 11.3. The van der Waals surface area contributed by atoms with E-state index in [1.807, 2.05) is 12.1 Å². The molecule has 1 rings (SSSR count). The number of hydrogen-bond acceptors (Lipinski definition) is 4. The van der Waals surface area contributed by atoms with E-state index in [2.05, 4.69) is 0 Å². The lowest BCUT2D eigenvalue weighted by Crippen LogP contribution is -2.03. The van der Waals surface area contributed by atoms with Gasteiger partial charge in [0.05, 0.1) is 20.8 Å². The van der Waals surface area contributed by atoms with Crippen LogP contribution in [0.1, 0.15) is 11.1 Å². The van der Waals surface area contributed by atoms with E-state index in [9.17, 15) is 0 Å². The van der Waals surface area contributed by atoms with Crippen molar-refractivity contribution in [2.75, 3.05) is 21.3 Å². The summed E-state index contributed by atoms with van der Waals surface area (Å²) >= 11 is 0. The largest absolute Gasteiger partial charge is 0.496 e. The monoisotopic (exact) mass is 211 g/mol. The highest BCUT2D eigenvalue weighted by Crippen LogP contribution is 2.28. The number of benzene rings is 1.